The van der Waals surface area contributed by atoms with Crippen LogP contribution in [0.25, 0.3) is 10.9 Å². The molecule has 0 aliphatic heterocycles. The highest BCUT2D eigenvalue weighted by atomic mass is 15.2. The van der Waals surface area contributed by atoms with E-state index in [9.17, 15) is 0 Å². The lowest BCUT2D eigenvalue weighted by Crippen LogP contribution is -2.49. The molecule has 2 N–H and O–H groups in total. The summed E-state index contributed by atoms with van der Waals surface area (Å²) in [4.78, 5) is 6.62. The largest absolute Gasteiger partial charge is 0.322 e. The first-order chi connectivity index (χ1) is 9.00. The maximum absolute atomic E-state index is 6.58. The van der Waals surface area contributed by atoms with Gasteiger partial charge in [0.05, 0.1) is 5.52 Å². The van der Waals surface area contributed by atoms with Crippen LogP contribution in [0.5, 0.6) is 0 Å². The van der Waals surface area contributed by atoms with Crippen LogP contribution in [0, 0.1) is 0 Å². The van der Waals surface area contributed by atoms with Gasteiger partial charge in [0.2, 0.25) is 0 Å². The number of hydrogen-bond acceptors (Lipinski definition) is 3. The molecule has 1 aromatic carbocycles. The Labute approximate surface area is 115 Å². The standard InChI is InChI=1S/C16H23N3/c1-5-16(2,19(3)4)15(17)13-8-6-10-14-12(13)9-7-11-18-14/h6-11,15H,5,17H2,1-4H3. The van der Waals surface area contributed by atoms with E-state index in [2.05, 4.69) is 50.0 Å². The van der Waals surface area contributed by atoms with Crippen molar-refractivity contribution in [2.75, 3.05) is 14.1 Å². The molecule has 0 aliphatic rings. The Kier molecular flexibility index (Phi) is 3.88. The lowest BCUT2D eigenvalue weighted by Gasteiger charge is -2.41. The summed E-state index contributed by atoms with van der Waals surface area (Å²) >= 11 is 0. The molecule has 1 aromatic heterocycles. The molecule has 102 valence electrons. The number of nitrogens with zero attached hydrogens (tertiary/aromatic N) is 2. The zero-order chi connectivity index (χ0) is 14.0. The van der Waals surface area contributed by atoms with E-state index < -0.39 is 0 Å². The zero-order valence-corrected chi connectivity index (χ0v) is 12.2. The monoisotopic (exact) mass is 257 g/mol. The van der Waals surface area contributed by atoms with Gasteiger partial charge in [0, 0.05) is 23.2 Å². The molecular weight excluding hydrogens is 234 g/mol. The van der Waals surface area contributed by atoms with Crippen LogP contribution in [0.3, 0.4) is 0 Å². The number of nitrogens with two attached hydrogens (primary N) is 1. The van der Waals surface area contributed by atoms with Gasteiger partial charge in [-0.1, -0.05) is 25.1 Å². The highest BCUT2D eigenvalue weighted by Crippen LogP contribution is 2.33. The van der Waals surface area contributed by atoms with Crippen LogP contribution in [0.4, 0.5) is 0 Å². The minimum Gasteiger partial charge on any atom is -0.322 e. The third kappa shape index (κ3) is 2.36. The molecule has 1 heterocycles. The maximum atomic E-state index is 6.58. The summed E-state index contributed by atoms with van der Waals surface area (Å²) in [6, 6.07) is 10.2. The summed E-state index contributed by atoms with van der Waals surface area (Å²) in [6.45, 7) is 4.40. The maximum Gasteiger partial charge on any atom is 0.0705 e. The molecule has 2 atom stereocenters. The van der Waals surface area contributed by atoms with Crippen LogP contribution >= 0.6 is 0 Å². The lowest BCUT2D eigenvalue weighted by molar-refractivity contribution is 0.132. The highest BCUT2D eigenvalue weighted by Gasteiger charge is 2.33. The van der Waals surface area contributed by atoms with Crippen molar-refractivity contribution < 1.29 is 0 Å². The molecule has 3 nitrogen and oxygen atoms in total. The second kappa shape index (κ2) is 5.27. The number of pyridine rings is 1. The number of likely N-dealkylation sites (N-methyl/N-ethyl adjacent to an activating group) is 1. The Morgan fingerprint density at radius 1 is 1.26 bits per heavy atom. The zero-order valence-electron chi connectivity index (χ0n) is 12.2. The molecule has 0 saturated heterocycles. The fraction of sp³-hybridized carbons (Fsp3) is 0.438. The third-order valence-corrected chi connectivity index (χ3v) is 4.42. The molecule has 0 aliphatic carbocycles. The summed E-state index contributed by atoms with van der Waals surface area (Å²) in [5, 5.41) is 1.15. The lowest BCUT2D eigenvalue weighted by atomic mass is 9.83. The van der Waals surface area contributed by atoms with Crippen molar-refractivity contribution in [1.29, 1.82) is 0 Å². The number of benzene rings is 1. The average Bonchev–Trinajstić information content (AvgIpc) is 2.44. The Balaban J connectivity index is 2.55. The molecule has 19 heavy (non-hydrogen) atoms. The fourth-order valence-electron chi connectivity index (χ4n) is 2.55. The first kappa shape index (κ1) is 14.0. The average molecular weight is 257 g/mol. The third-order valence-electron chi connectivity index (χ3n) is 4.42. The normalized spacial score (nSPS) is 16.5. The molecule has 0 fully saturated rings. The molecule has 2 aromatic rings. The van der Waals surface area contributed by atoms with Crippen molar-refractivity contribution in [3.63, 3.8) is 0 Å². The number of fused-ring (bicyclic) bond motifs is 1. The SMILES string of the molecule is CCC(C)(C(N)c1cccc2ncccc12)N(C)C. The topological polar surface area (TPSA) is 42.1 Å². The van der Waals surface area contributed by atoms with Crippen LogP contribution in [0.2, 0.25) is 0 Å². The van der Waals surface area contributed by atoms with E-state index >= 15 is 0 Å². The molecule has 0 radical (unpaired) electrons. The minimum atomic E-state index is -0.0654. The minimum absolute atomic E-state index is 0.0413. The summed E-state index contributed by atoms with van der Waals surface area (Å²) in [7, 11) is 4.18. The van der Waals surface area contributed by atoms with Crippen LogP contribution in [0.1, 0.15) is 31.9 Å². The van der Waals surface area contributed by atoms with E-state index in [1.54, 1.807) is 0 Å². The second-order valence-electron chi connectivity index (χ2n) is 5.50. The fourth-order valence-corrected chi connectivity index (χ4v) is 2.55. The Morgan fingerprint density at radius 3 is 2.63 bits per heavy atom. The van der Waals surface area contributed by atoms with Crippen molar-refractivity contribution >= 4 is 10.9 Å². The van der Waals surface area contributed by atoms with Crippen LogP contribution in [0.15, 0.2) is 36.5 Å². The van der Waals surface area contributed by atoms with E-state index in [1.165, 1.54) is 5.56 Å². The van der Waals surface area contributed by atoms with Gasteiger partial charge in [0.25, 0.3) is 0 Å². The van der Waals surface area contributed by atoms with Gasteiger partial charge in [-0.3, -0.25) is 4.98 Å². The first-order valence-corrected chi connectivity index (χ1v) is 6.77. The quantitative estimate of drug-likeness (QED) is 0.915. The summed E-state index contributed by atoms with van der Waals surface area (Å²) < 4.78 is 0. The van der Waals surface area contributed by atoms with Crippen LogP contribution in [-0.4, -0.2) is 29.5 Å². The highest BCUT2D eigenvalue weighted by molar-refractivity contribution is 5.82. The van der Waals surface area contributed by atoms with Crippen molar-refractivity contribution in [3.8, 4) is 0 Å². The second-order valence-corrected chi connectivity index (χ2v) is 5.50. The first-order valence-electron chi connectivity index (χ1n) is 6.77. The molecule has 0 spiro atoms. The molecule has 2 rings (SSSR count). The van der Waals surface area contributed by atoms with E-state index in [0.717, 1.165) is 17.3 Å². The van der Waals surface area contributed by atoms with Gasteiger partial charge >= 0.3 is 0 Å². The number of aromatic nitrogens is 1. The number of hydrogen-bond donors (Lipinski definition) is 1. The van der Waals surface area contributed by atoms with Gasteiger partial charge in [-0.2, -0.15) is 0 Å². The van der Waals surface area contributed by atoms with Crippen molar-refractivity contribution in [1.82, 2.24) is 9.88 Å². The van der Waals surface area contributed by atoms with Crippen LogP contribution in [-0.2, 0) is 0 Å². The smallest absolute Gasteiger partial charge is 0.0705 e. The molecule has 2 unspecified atom stereocenters. The van der Waals surface area contributed by atoms with Crippen molar-refractivity contribution in [2.45, 2.75) is 31.8 Å². The predicted octanol–water partition coefficient (Wildman–Crippen LogP) is 2.96. The summed E-state index contributed by atoms with van der Waals surface area (Å²) in [5.74, 6) is 0. The van der Waals surface area contributed by atoms with Crippen LogP contribution < -0.4 is 5.73 Å². The van der Waals surface area contributed by atoms with Gasteiger partial charge in [0.1, 0.15) is 0 Å². The molecular formula is C16H23N3. The number of rotatable bonds is 4. The van der Waals surface area contributed by atoms with Gasteiger partial charge < -0.3 is 10.6 Å². The van der Waals surface area contributed by atoms with Gasteiger partial charge in [-0.25, -0.2) is 0 Å². The van der Waals surface area contributed by atoms with Gasteiger partial charge in [-0.05, 0) is 45.1 Å². The van der Waals surface area contributed by atoms with E-state index in [0.29, 0.717) is 0 Å². The summed E-state index contributed by atoms with van der Waals surface area (Å²) in [6.07, 6.45) is 2.82. The predicted molar refractivity (Wildman–Crippen MR) is 81.1 cm³/mol. The van der Waals surface area contributed by atoms with E-state index in [1.807, 2.05) is 24.4 Å². The molecule has 0 amide bonds. The van der Waals surface area contributed by atoms with Crippen molar-refractivity contribution in [2.24, 2.45) is 5.73 Å². The van der Waals surface area contributed by atoms with Gasteiger partial charge in [-0.15, -0.1) is 0 Å². The molecule has 0 saturated carbocycles. The molecule has 0 bridgehead atoms. The van der Waals surface area contributed by atoms with E-state index in [-0.39, 0.29) is 11.6 Å². The Hall–Kier alpha value is -1.45. The van der Waals surface area contributed by atoms with E-state index in [4.69, 9.17) is 5.73 Å². The summed E-state index contributed by atoms with van der Waals surface area (Å²) in [5.41, 5.74) is 8.69. The molecule has 3 heteroatoms. The van der Waals surface area contributed by atoms with Gasteiger partial charge in [0.15, 0.2) is 0 Å². The Bertz CT molecular complexity index is 559. The van der Waals surface area contributed by atoms with Crippen molar-refractivity contribution in [3.05, 3.63) is 42.1 Å². The Morgan fingerprint density at radius 2 is 2.00 bits per heavy atom.